The van der Waals surface area contributed by atoms with Crippen molar-refractivity contribution in [3.05, 3.63) is 39.4 Å². The van der Waals surface area contributed by atoms with Crippen LogP contribution in [0.3, 0.4) is 0 Å². The lowest BCUT2D eigenvalue weighted by atomic mass is 10.0. The van der Waals surface area contributed by atoms with Crippen molar-refractivity contribution in [1.29, 1.82) is 0 Å². The number of nitrogens with one attached hydrogen (secondary N) is 1. The second-order valence-corrected chi connectivity index (χ2v) is 4.00. The Bertz CT molecular complexity index is 446. The average molecular weight is 262 g/mol. The number of hydrogen-bond donors (Lipinski definition) is 1. The van der Waals surface area contributed by atoms with Crippen molar-refractivity contribution in [3.8, 4) is 0 Å². The number of hydrogen-bond acceptors (Lipinski definition) is 3. The first-order valence-corrected chi connectivity index (χ1v) is 5.27. The van der Waals surface area contributed by atoms with Crippen LogP contribution in [0.15, 0.2) is 18.2 Å². The Hall–Kier alpha value is -1.63. The van der Waals surface area contributed by atoms with Gasteiger partial charge in [-0.3, -0.25) is 10.1 Å². The highest BCUT2D eigenvalue weighted by Crippen LogP contribution is 2.36. The van der Waals surface area contributed by atoms with Crippen LogP contribution in [-0.2, 0) is 12.6 Å². The van der Waals surface area contributed by atoms with E-state index in [0.29, 0.717) is 12.0 Å². The maximum absolute atomic E-state index is 12.7. The van der Waals surface area contributed by atoms with Gasteiger partial charge in [-0.25, -0.2) is 0 Å². The van der Waals surface area contributed by atoms with Gasteiger partial charge in [0.1, 0.15) is 5.56 Å². The summed E-state index contributed by atoms with van der Waals surface area (Å²) in [6.07, 6.45) is -4.35. The number of nitrogens with zero attached hydrogens (tertiary/aromatic N) is 1. The number of nitro groups is 1. The van der Waals surface area contributed by atoms with Crippen LogP contribution in [0.4, 0.5) is 18.9 Å². The summed E-state index contributed by atoms with van der Waals surface area (Å²) in [5.74, 6) is 0. The Balaban J connectivity index is 3.18. The highest BCUT2D eigenvalue weighted by Gasteiger charge is 2.38. The monoisotopic (exact) mass is 262 g/mol. The van der Waals surface area contributed by atoms with E-state index in [9.17, 15) is 23.3 Å². The largest absolute Gasteiger partial charge is 0.423 e. The Morgan fingerprint density at radius 2 is 2.06 bits per heavy atom. The third-order valence-electron chi connectivity index (χ3n) is 2.60. The Labute approximate surface area is 102 Å². The fourth-order valence-corrected chi connectivity index (χ4v) is 1.55. The van der Waals surface area contributed by atoms with Gasteiger partial charge >= 0.3 is 6.18 Å². The highest BCUT2D eigenvalue weighted by atomic mass is 19.4. The van der Waals surface area contributed by atoms with Crippen LogP contribution in [0, 0.1) is 10.1 Å². The molecule has 0 spiro atoms. The van der Waals surface area contributed by atoms with Gasteiger partial charge < -0.3 is 5.32 Å². The Morgan fingerprint density at radius 1 is 1.44 bits per heavy atom. The molecule has 18 heavy (non-hydrogen) atoms. The quantitative estimate of drug-likeness (QED) is 0.670. The first-order valence-electron chi connectivity index (χ1n) is 5.27. The molecule has 0 aromatic heterocycles. The summed E-state index contributed by atoms with van der Waals surface area (Å²) < 4.78 is 38.1. The highest BCUT2D eigenvalue weighted by molar-refractivity contribution is 5.44. The topological polar surface area (TPSA) is 55.2 Å². The van der Waals surface area contributed by atoms with Crippen molar-refractivity contribution in [2.75, 3.05) is 7.05 Å². The fraction of sp³-hybridized carbons (Fsp3) is 0.455. The molecule has 0 aliphatic carbocycles. The number of benzene rings is 1. The molecule has 0 bridgehead atoms. The number of likely N-dealkylation sites (N-methyl/N-ethyl adjacent to an activating group) is 1. The summed E-state index contributed by atoms with van der Waals surface area (Å²) in [6, 6.07) is 3.08. The zero-order valence-corrected chi connectivity index (χ0v) is 9.91. The van der Waals surface area contributed by atoms with Crippen molar-refractivity contribution >= 4 is 5.69 Å². The van der Waals surface area contributed by atoms with Gasteiger partial charge in [-0.2, -0.15) is 13.2 Å². The molecule has 1 aromatic rings. The second kappa shape index (κ2) is 5.34. The summed E-state index contributed by atoms with van der Waals surface area (Å²) >= 11 is 0. The number of rotatable bonds is 4. The average Bonchev–Trinajstić information content (AvgIpc) is 2.27. The third kappa shape index (κ3) is 3.43. The van der Waals surface area contributed by atoms with Gasteiger partial charge in [0.15, 0.2) is 0 Å². The van der Waals surface area contributed by atoms with Crippen molar-refractivity contribution in [1.82, 2.24) is 5.32 Å². The minimum atomic E-state index is -4.72. The van der Waals surface area contributed by atoms with Crippen LogP contribution in [0.2, 0.25) is 0 Å². The van der Waals surface area contributed by atoms with Gasteiger partial charge in [-0.1, -0.05) is 6.07 Å². The van der Waals surface area contributed by atoms with E-state index in [4.69, 9.17) is 0 Å². The van der Waals surface area contributed by atoms with Gasteiger partial charge in [0, 0.05) is 12.1 Å². The Morgan fingerprint density at radius 3 is 2.50 bits per heavy atom. The molecule has 0 amide bonds. The maximum Gasteiger partial charge on any atom is 0.423 e. The maximum atomic E-state index is 12.7. The smallest absolute Gasteiger partial charge is 0.317 e. The zero-order valence-electron chi connectivity index (χ0n) is 9.91. The molecule has 1 unspecified atom stereocenters. The van der Waals surface area contributed by atoms with E-state index in [-0.39, 0.29) is 6.04 Å². The van der Waals surface area contributed by atoms with E-state index in [1.54, 1.807) is 7.05 Å². The van der Waals surface area contributed by atoms with E-state index >= 15 is 0 Å². The summed E-state index contributed by atoms with van der Waals surface area (Å²) in [7, 11) is 1.70. The van der Waals surface area contributed by atoms with Crippen LogP contribution >= 0.6 is 0 Å². The van der Waals surface area contributed by atoms with Crippen molar-refractivity contribution < 1.29 is 18.1 Å². The molecule has 0 heterocycles. The van der Waals surface area contributed by atoms with E-state index < -0.39 is 22.4 Å². The van der Waals surface area contributed by atoms with E-state index in [2.05, 4.69) is 5.32 Å². The summed E-state index contributed by atoms with van der Waals surface area (Å²) in [5, 5.41) is 13.4. The van der Waals surface area contributed by atoms with Crippen LogP contribution < -0.4 is 5.32 Å². The summed E-state index contributed by atoms with van der Waals surface area (Å²) in [6.45, 7) is 1.81. The van der Waals surface area contributed by atoms with Gasteiger partial charge in [-0.05, 0) is 32.0 Å². The number of nitro benzene ring substituents is 1. The number of halogens is 3. The van der Waals surface area contributed by atoms with Gasteiger partial charge in [-0.15, -0.1) is 0 Å². The van der Waals surface area contributed by atoms with Gasteiger partial charge in [0.05, 0.1) is 4.92 Å². The molecule has 0 fully saturated rings. The molecule has 0 saturated heterocycles. The molecule has 0 aliphatic heterocycles. The molecule has 1 rings (SSSR count). The fourth-order valence-electron chi connectivity index (χ4n) is 1.55. The normalized spacial score (nSPS) is 13.4. The molecular weight excluding hydrogens is 249 g/mol. The first kappa shape index (κ1) is 14.4. The molecule has 0 saturated carbocycles. The molecule has 100 valence electrons. The summed E-state index contributed by atoms with van der Waals surface area (Å²) in [5.41, 5.74) is -1.70. The van der Waals surface area contributed by atoms with Crippen LogP contribution in [0.5, 0.6) is 0 Å². The first-order chi connectivity index (χ1) is 8.25. The number of alkyl halides is 3. The van der Waals surface area contributed by atoms with E-state index in [1.165, 1.54) is 6.07 Å². The molecule has 1 N–H and O–H groups in total. The van der Waals surface area contributed by atoms with Crippen LogP contribution in [0.25, 0.3) is 0 Å². The standard InChI is InChI=1S/C11H13F3N2O2/c1-7(15-2)5-8-3-4-10(16(17)18)9(6-8)11(12,13)14/h3-4,6-7,15H,5H2,1-2H3. The predicted molar refractivity (Wildman–Crippen MR) is 60.3 cm³/mol. The van der Waals surface area contributed by atoms with E-state index in [1.807, 2.05) is 6.92 Å². The summed E-state index contributed by atoms with van der Waals surface area (Å²) in [4.78, 5) is 9.53. The molecule has 7 heteroatoms. The predicted octanol–water partition coefficient (Wildman–Crippen LogP) is 2.76. The second-order valence-electron chi connectivity index (χ2n) is 4.00. The van der Waals surface area contributed by atoms with Crippen molar-refractivity contribution in [3.63, 3.8) is 0 Å². The lowest BCUT2D eigenvalue weighted by Crippen LogP contribution is -2.23. The lowest BCUT2D eigenvalue weighted by Gasteiger charge is -2.12. The molecule has 0 radical (unpaired) electrons. The van der Waals surface area contributed by atoms with Crippen LogP contribution in [-0.4, -0.2) is 18.0 Å². The van der Waals surface area contributed by atoms with E-state index in [0.717, 1.165) is 12.1 Å². The lowest BCUT2D eigenvalue weighted by molar-refractivity contribution is -0.388. The molecular formula is C11H13F3N2O2. The van der Waals surface area contributed by atoms with Crippen molar-refractivity contribution in [2.24, 2.45) is 0 Å². The molecule has 1 atom stereocenters. The molecule has 1 aromatic carbocycles. The van der Waals surface area contributed by atoms with Gasteiger partial charge in [0.2, 0.25) is 0 Å². The van der Waals surface area contributed by atoms with Crippen molar-refractivity contribution in [2.45, 2.75) is 25.6 Å². The minimum absolute atomic E-state index is 0.00691. The third-order valence-corrected chi connectivity index (χ3v) is 2.60. The SMILES string of the molecule is CNC(C)Cc1ccc([N+](=O)[O-])c(C(F)(F)F)c1. The Kier molecular flexibility index (Phi) is 4.28. The molecule has 0 aliphatic rings. The minimum Gasteiger partial charge on any atom is -0.317 e. The molecule has 4 nitrogen and oxygen atoms in total. The van der Waals surface area contributed by atoms with Crippen LogP contribution in [0.1, 0.15) is 18.1 Å². The van der Waals surface area contributed by atoms with Gasteiger partial charge in [0.25, 0.3) is 5.69 Å². The zero-order chi connectivity index (χ0) is 13.9.